The molecule has 20 heavy (non-hydrogen) atoms. The maximum Gasteiger partial charge on any atom is 0.281 e. The van der Waals surface area contributed by atoms with E-state index >= 15 is 0 Å². The summed E-state index contributed by atoms with van der Waals surface area (Å²) in [6, 6.07) is 0. The first-order chi connectivity index (χ1) is 9.04. The van der Waals surface area contributed by atoms with Gasteiger partial charge in [0, 0.05) is 6.42 Å². The lowest BCUT2D eigenvalue weighted by atomic mass is 9.88. The number of carbonyl (C=O) groups is 4. The van der Waals surface area contributed by atoms with Gasteiger partial charge in [-0.05, 0) is 0 Å². The monoisotopic (exact) mass is 308 g/mol. The van der Waals surface area contributed by atoms with Crippen LogP contribution in [-0.2, 0) is 29.3 Å². The number of hydroxylamine groups is 4. The minimum Gasteiger partial charge on any atom is -0.285 e. The fourth-order valence-electron chi connectivity index (χ4n) is 2.30. The molecular formula is C8H8N2O9S. The Bertz CT molecular complexity index is 640. The van der Waals surface area contributed by atoms with Gasteiger partial charge >= 0.3 is 0 Å². The van der Waals surface area contributed by atoms with Gasteiger partial charge in [-0.2, -0.15) is 18.5 Å². The third-order valence-corrected chi connectivity index (χ3v) is 4.87. The van der Waals surface area contributed by atoms with Gasteiger partial charge in [-0.15, -0.1) is 0 Å². The van der Waals surface area contributed by atoms with E-state index in [0.717, 1.165) is 0 Å². The standard InChI is InChI=1S/C8H8N2O9S/c11-4-1-3(6(13)9(4)15)8(20(17,18)19)2-5(12)10(16)7(8)14/h3,15-16H,1-2H2,(H,17,18,19). The van der Waals surface area contributed by atoms with Crippen molar-refractivity contribution in [1.29, 1.82) is 0 Å². The number of amides is 4. The summed E-state index contributed by atoms with van der Waals surface area (Å²) in [6.07, 6.45) is -2.11. The average molecular weight is 308 g/mol. The van der Waals surface area contributed by atoms with Crippen LogP contribution in [-0.4, -0.2) is 61.9 Å². The molecule has 0 aromatic rings. The average Bonchev–Trinajstić information content (AvgIpc) is 2.72. The Morgan fingerprint density at radius 2 is 1.60 bits per heavy atom. The predicted molar refractivity (Wildman–Crippen MR) is 54.3 cm³/mol. The van der Waals surface area contributed by atoms with Crippen LogP contribution in [0.3, 0.4) is 0 Å². The van der Waals surface area contributed by atoms with Gasteiger partial charge in [0.2, 0.25) is 0 Å². The Morgan fingerprint density at radius 3 is 1.90 bits per heavy atom. The number of imide groups is 2. The maximum absolute atomic E-state index is 11.8. The highest BCUT2D eigenvalue weighted by atomic mass is 32.2. The fraction of sp³-hybridized carbons (Fsp3) is 0.500. The van der Waals surface area contributed by atoms with Crippen LogP contribution in [0.4, 0.5) is 0 Å². The van der Waals surface area contributed by atoms with Gasteiger partial charge in [-0.25, -0.2) is 0 Å². The number of rotatable bonds is 2. The van der Waals surface area contributed by atoms with E-state index in [0.29, 0.717) is 0 Å². The van der Waals surface area contributed by atoms with Gasteiger partial charge in [0.05, 0.1) is 12.3 Å². The Balaban J connectivity index is 2.63. The van der Waals surface area contributed by atoms with Crippen LogP contribution in [0.2, 0.25) is 0 Å². The summed E-state index contributed by atoms with van der Waals surface area (Å²) in [5.41, 5.74) is 0. The van der Waals surface area contributed by atoms with E-state index in [1.165, 1.54) is 0 Å². The van der Waals surface area contributed by atoms with E-state index in [9.17, 15) is 32.1 Å². The summed E-state index contributed by atoms with van der Waals surface area (Å²) >= 11 is 0. The molecule has 0 aromatic carbocycles. The SMILES string of the molecule is O=C1CC(C2(S(=O)(=O)O)CC(=O)N(O)C2=O)C(=O)N1O. The molecule has 0 saturated carbocycles. The van der Waals surface area contributed by atoms with Crippen molar-refractivity contribution in [2.45, 2.75) is 17.6 Å². The molecule has 0 radical (unpaired) electrons. The zero-order valence-corrected chi connectivity index (χ0v) is 10.4. The van der Waals surface area contributed by atoms with Crippen LogP contribution < -0.4 is 0 Å². The number of carbonyl (C=O) groups excluding carboxylic acids is 4. The van der Waals surface area contributed by atoms with Crippen molar-refractivity contribution in [1.82, 2.24) is 10.1 Å². The minimum atomic E-state index is -5.33. The number of hydrogen-bond acceptors (Lipinski definition) is 8. The van der Waals surface area contributed by atoms with Crippen LogP contribution in [0.15, 0.2) is 0 Å². The summed E-state index contributed by atoms with van der Waals surface area (Å²) in [5, 5.41) is 17.3. The molecule has 2 unspecified atom stereocenters. The van der Waals surface area contributed by atoms with Crippen molar-refractivity contribution in [3.05, 3.63) is 0 Å². The normalized spacial score (nSPS) is 31.6. The number of hydrogen-bond donors (Lipinski definition) is 3. The van der Waals surface area contributed by atoms with E-state index in [2.05, 4.69) is 0 Å². The van der Waals surface area contributed by atoms with E-state index < -0.39 is 67.4 Å². The van der Waals surface area contributed by atoms with Crippen LogP contribution in [0.25, 0.3) is 0 Å². The lowest BCUT2D eigenvalue weighted by Crippen LogP contribution is -2.53. The molecule has 11 nitrogen and oxygen atoms in total. The summed E-state index contributed by atoms with van der Waals surface area (Å²) in [5.74, 6) is -7.75. The summed E-state index contributed by atoms with van der Waals surface area (Å²) in [6.45, 7) is 0. The molecule has 0 bridgehead atoms. The smallest absolute Gasteiger partial charge is 0.281 e. The molecule has 0 aliphatic carbocycles. The molecule has 2 heterocycles. The topological polar surface area (TPSA) is 170 Å². The Kier molecular flexibility index (Phi) is 2.94. The van der Waals surface area contributed by atoms with Crippen molar-refractivity contribution in [3.8, 4) is 0 Å². The highest BCUT2D eigenvalue weighted by molar-refractivity contribution is 7.88. The molecule has 2 fully saturated rings. The van der Waals surface area contributed by atoms with Crippen LogP contribution in [0, 0.1) is 5.92 Å². The third-order valence-electron chi connectivity index (χ3n) is 3.35. The van der Waals surface area contributed by atoms with Gasteiger partial charge in [0.1, 0.15) is 0 Å². The van der Waals surface area contributed by atoms with Crippen molar-refractivity contribution in [2.75, 3.05) is 0 Å². The second kappa shape index (κ2) is 4.05. The molecule has 0 aromatic heterocycles. The van der Waals surface area contributed by atoms with Crippen molar-refractivity contribution in [3.63, 3.8) is 0 Å². The van der Waals surface area contributed by atoms with Crippen LogP contribution >= 0.6 is 0 Å². The molecule has 2 atom stereocenters. The molecular weight excluding hydrogens is 300 g/mol. The summed E-state index contributed by atoms with van der Waals surface area (Å²) in [7, 11) is -5.33. The summed E-state index contributed by atoms with van der Waals surface area (Å²) in [4.78, 5) is 45.9. The second-order valence-corrected chi connectivity index (χ2v) is 6.03. The molecule has 2 saturated heterocycles. The molecule has 0 spiro atoms. The first kappa shape index (κ1) is 14.5. The van der Waals surface area contributed by atoms with E-state index in [-0.39, 0.29) is 0 Å². The van der Waals surface area contributed by atoms with Gasteiger partial charge in [0.25, 0.3) is 33.7 Å². The van der Waals surface area contributed by atoms with Gasteiger partial charge < -0.3 is 0 Å². The molecule has 2 rings (SSSR count). The fourth-order valence-corrected chi connectivity index (χ4v) is 3.46. The van der Waals surface area contributed by atoms with Crippen molar-refractivity contribution >= 4 is 33.7 Å². The maximum atomic E-state index is 11.8. The Morgan fingerprint density at radius 1 is 1.05 bits per heavy atom. The highest BCUT2D eigenvalue weighted by Crippen LogP contribution is 2.42. The quantitative estimate of drug-likeness (QED) is 0.284. The molecule has 2 aliphatic rings. The molecule has 110 valence electrons. The lowest BCUT2D eigenvalue weighted by molar-refractivity contribution is -0.175. The predicted octanol–water partition coefficient (Wildman–Crippen LogP) is -2.47. The largest absolute Gasteiger partial charge is 0.285 e. The zero-order chi connectivity index (χ0) is 15.5. The van der Waals surface area contributed by atoms with Crippen molar-refractivity contribution in [2.24, 2.45) is 5.92 Å². The van der Waals surface area contributed by atoms with Gasteiger partial charge in [-0.3, -0.25) is 34.1 Å². The van der Waals surface area contributed by atoms with Gasteiger partial charge in [0.15, 0.2) is 4.75 Å². The first-order valence-corrected chi connectivity index (χ1v) is 6.57. The Labute approximate surface area is 111 Å². The molecule has 12 heteroatoms. The first-order valence-electron chi connectivity index (χ1n) is 5.13. The second-order valence-electron chi connectivity index (χ2n) is 4.35. The lowest BCUT2D eigenvalue weighted by Gasteiger charge is -2.26. The van der Waals surface area contributed by atoms with E-state index in [1.54, 1.807) is 0 Å². The molecule has 4 amide bonds. The van der Waals surface area contributed by atoms with Gasteiger partial charge in [-0.1, -0.05) is 0 Å². The zero-order valence-electron chi connectivity index (χ0n) is 9.59. The van der Waals surface area contributed by atoms with E-state index in [4.69, 9.17) is 10.4 Å². The number of nitrogens with zero attached hydrogens (tertiary/aromatic N) is 2. The van der Waals surface area contributed by atoms with Crippen LogP contribution in [0.5, 0.6) is 0 Å². The summed E-state index contributed by atoms with van der Waals surface area (Å²) < 4.78 is 29.2. The van der Waals surface area contributed by atoms with Crippen LogP contribution in [0.1, 0.15) is 12.8 Å². The molecule has 3 N–H and O–H groups in total. The minimum absolute atomic E-state index is 0.393. The third kappa shape index (κ3) is 1.59. The Hall–Kier alpha value is -1.89. The van der Waals surface area contributed by atoms with Crippen molar-refractivity contribution < 1.29 is 42.6 Å². The molecule has 2 aliphatic heterocycles. The van der Waals surface area contributed by atoms with E-state index in [1.807, 2.05) is 0 Å². The highest BCUT2D eigenvalue weighted by Gasteiger charge is 2.69.